The van der Waals surface area contributed by atoms with Gasteiger partial charge >= 0.3 is 0 Å². The number of nitrogens with one attached hydrogen (secondary N) is 4. The Labute approximate surface area is 201 Å². The van der Waals surface area contributed by atoms with Crippen LogP contribution in [0.3, 0.4) is 0 Å². The Bertz CT molecular complexity index is 1110. The van der Waals surface area contributed by atoms with E-state index in [4.69, 9.17) is 22.7 Å². The van der Waals surface area contributed by atoms with Crippen LogP contribution >= 0.6 is 11.6 Å². The Balaban J connectivity index is 1.63. The Morgan fingerprint density at radius 3 is 2.68 bits per heavy atom. The number of pyridine rings is 1. The van der Waals surface area contributed by atoms with Crippen LogP contribution in [0.4, 0.5) is 10.1 Å². The molecule has 0 aliphatic heterocycles. The number of halogens is 2. The van der Waals surface area contributed by atoms with Crippen LogP contribution < -0.4 is 21.7 Å². The van der Waals surface area contributed by atoms with E-state index >= 15 is 0 Å². The topological polar surface area (TPSA) is 150 Å². The van der Waals surface area contributed by atoms with Crippen molar-refractivity contribution in [3.8, 4) is 0 Å². The third kappa shape index (κ3) is 6.50. The Hall–Kier alpha value is -3.53. The van der Waals surface area contributed by atoms with Crippen LogP contribution in [-0.4, -0.2) is 41.0 Å². The van der Waals surface area contributed by atoms with Crippen molar-refractivity contribution in [1.82, 2.24) is 15.6 Å². The second-order valence-electron chi connectivity index (χ2n) is 8.19. The van der Waals surface area contributed by atoms with Crippen molar-refractivity contribution in [3.63, 3.8) is 0 Å². The summed E-state index contributed by atoms with van der Waals surface area (Å²) in [6, 6.07) is 4.55. The summed E-state index contributed by atoms with van der Waals surface area (Å²) in [5.74, 6) is -2.07. The maximum Gasteiger partial charge on any atom is 0.267 e. The molecule has 3 rings (SSSR count). The summed E-state index contributed by atoms with van der Waals surface area (Å²) in [6.07, 6.45) is 5.19. The molecule has 1 unspecified atom stereocenters. The lowest BCUT2D eigenvalue weighted by Crippen LogP contribution is -2.49. The lowest BCUT2D eigenvalue weighted by molar-refractivity contribution is -0.129. The predicted molar refractivity (Wildman–Crippen MR) is 126 cm³/mol. The number of nitrogens with zero attached hydrogens (tertiary/aromatic N) is 1. The molecule has 1 fully saturated rings. The van der Waals surface area contributed by atoms with Crippen LogP contribution in [0.15, 0.2) is 36.7 Å². The number of rotatable bonds is 11. The average molecular weight is 489 g/mol. The lowest BCUT2D eigenvalue weighted by atomic mass is 10.1. The van der Waals surface area contributed by atoms with Crippen molar-refractivity contribution < 1.29 is 18.8 Å². The summed E-state index contributed by atoms with van der Waals surface area (Å²) in [5.41, 5.74) is 5.50. The van der Waals surface area contributed by atoms with Crippen LogP contribution in [0.1, 0.15) is 43.4 Å². The van der Waals surface area contributed by atoms with Gasteiger partial charge in [0, 0.05) is 17.3 Å². The van der Waals surface area contributed by atoms with Crippen molar-refractivity contribution in [2.24, 2.45) is 11.7 Å². The number of hydrogen-bond donors (Lipinski definition) is 5. The molecule has 1 aromatic heterocycles. The number of benzene rings is 1. The van der Waals surface area contributed by atoms with Gasteiger partial charge in [-0.3, -0.25) is 24.8 Å². The SMILES string of the molecule is C[C@@H](NC(=O)C(CC1CC1)NC(=O)CNc1cnccc1C(=N)C(N)=O)c1cccc(Cl)c1F. The van der Waals surface area contributed by atoms with E-state index in [0.717, 1.165) is 12.8 Å². The number of carbonyl (C=O) groups excluding carboxylic acids is 3. The molecule has 3 amide bonds. The molecule has 34 heavy (non-hydrogen) atoms. The number of anilines is 1. The fraction of sp³-hybridized carbons (Fsp3) is 0.348. The van der Waals surface area contributed by atoms with E-state index in [1.165, 1.54) is 24.5 Å². The van der Waals surface area contributed by atoms with E-state index in [1.807, 2.05) is 0 Å². The quantitative estimate of drug-likeness (QED) is 0.307. The molecular weight excluding hydrogens is 463 g/mol. The van der Waals surface area contributed by atoms with Crippen molar-refractivity contribution >= 4 is 40.7 Å². The summed E-state index contributed by atoms with van der Waals surface area (Å²) < 4.78 is 14.3. The first kappa shape index (κ1) is 25.1. The Morgan fingerprint density at radius 2 is 2.00 bits per heavy atom. The number of amides is 3. The number of carbonyl (C=O) groups is 3. The van der Waals surface area contributed by atoms with Crippen LogP contribution in [0, 0.1) is 17.1 Å². The third-order valence-electron chi connectivity index (χ3n) is 5.50. The fourth-order valence-corrected chi connectivity index (χ4v) is 3.65. The van der Waals surface area contributed by atoms with Gasteiger partial charge in [-0.25, -0.2) is 4.39 Å². The molecule has 1 aliphatic carbocycles. The predicted octanol–water partition coefficient (Wildman–Crippen LogP) is 2.30. The van der Waals surface area contributed by atoms with Crippen LogP contribution in [0.2, 0.25) is 5.02 Å². The van der Waals surface area contributed by atoms with Crippen molar-refractivity contribution in [2.75, 3.05) is 11.9 Å². The molecule has 9 nitrogen and oxygen atoms in total. The van der Waals surface area contributed by atoms with Gasteiger partial charge in [-0.1, -0.05) is 36.6 Å². The van der Waals surface area contributed by atoms with E-state index in [2.05, 4.69) is 20.9 Å². The molecule has 1 aliphatic rings. The second kappa shape index (κ2) is 11.1. The molecule has 1 aromatic carbocycles. The van der Waals surface area contributed by atoms with E-state index in [-0.39, 0.29) is 28.4 Å². The number of primary amides is 1. The number of hydrogen-bond acceptors (Lipinski definition) is 6. The molecule has 2 aromatic rings. The monoisotopic (exact) mass is 488 g/mol. The lowest BCUT2D eigenvalue weighted by Gasteiger charge is -2.22. The van der Waals surface area contributed by atoms with Crippen molar-refractivity contribution in [1.29, 1.82) is 5.41 Å². The van der Waals surface area contributed by atoms with E-state index in [1.54, 1.807) is 19.1 Å². The number of aromatic nitrogens is 1. The molecule has 1 saturated carbocycles. The van der Waals surface area contributed by atoms with Crippen molar-refractivity contribution in [3.05, 3.63) is 58.6 Å². The van der Waals surface area contributed by atoms with Crippen molar-refractivity contribution in [2.45, 2.75) is 38.3 Å². The first-order chi connectivity index (χ1) is 16.2. The van der Waals surface area contributed by atoms with Gasteiger partial charge in [0.1, 0.15) is 17.6 Å². The summed E-state index contributed by atoms with van der Waals surface area (Å²) >= 11 is 5.84. The van der Waals surface area contributed by atoms with Gasteiger partial charge in [0.2, 0.25) is 11.8 Å². The smallest absolute Gasteiger partial charge is 0.267 e. The highest BCUT2D eigenvalue weighted by Gasteiger charge is 2.31. The maximum atomic E-state index is 14.3. The van der Waals surface area contributed by atoms with Gasteiger partial charge in [-0.05, 0) is 31.4 Å². The van der Waals surface area contributed by atoms with Gasteiger partial charge in [0.25, 0.3) is 5.91 Å². The molecule has 180 valence electrons. The molecule has 6 N–H and O–H groups in total. The zero-order valence-electron chi connectivity index (χ0n) is 18.5. The highest BCUT2D eigenvalue weighted by atomic mass is 35.5. The third-order valence-corrected chi connectivity index (χ3v) is 5.79. The van der Waals surface area contributed by atoms with E-state index < -0.39 is 41.3 Å². The molecule has 11 heteroatoms. The molecule has 0 spiro atoms. The number of nitrogens with two attached hydrogens (primary N) is 1. The molecular formula is C23H26ClFN6O3. The minimum absolute atomic E-state index is 0.0355. The molecule has 2 atom stereocenters. The average Bonchev–Trinajstić information content (AvgIpc) is 3.62. The van der Waals surface area contributed by atoms with Crippen LogP contribution in [0.25, 0.3) is 0 Å². The molecule has 0 saturated heterocycles. The standard InChI is InChI=1S/C23H26ClFN6O3/c1-12(14-3-2-4-16(24)20(14)25)30-23(34)17(9-13-5-6-13)31-19(32)11-29-18-10-28-8-7-15(18)21(26)22(27)33/h2-4,7-8,10,12-13,17,26,29H,5-6,9,11H2,1H3,(H2,27,33)(H,30,34)(H,31,32)/t12-,17?/m1/s1. The maximum absolute atomic E-state index is 14.3. The van der Waals surface area contributed by atoms with E-state index in [9.17, 15) is 18.8 Å². The normalized spacial score (nSPS) is 14.6. The minimum Gasteiger partial charge on any atom is -0.374 e. The highest BCUT2D eigenvalue weighted by Crippen LogP contribution is 2.33. The zero-order valence-corrected chi connectivity index (χ0v) is 19.3. The van der Waals surface area contributed by atoms with E-state index in [0.29, 0.717) is 12.3 Å². The Morgan fingerprint density at radius 1 is 1.26 bits per heavy atom. The van der Waals surface area contributed by atoms with Gasteiger partial charge in [-0.15, -0.1) is 0 Å². The molecule has 0 radical (unpaired) electrons. The summed E-state index contributed by atoms with van der Waals surface area (Å²) in [6.45, 7) is 1.42. The molecule has 1 heterocycles. The minimum atomic E-state index is -0.912. The van der Waals surface area contributed by atoms with Gasteiger partial charge in [-0.2, -0.15) is 0 Å². The summed E-state index contributed by atoms with van der Waals surface area (Å²) in [4.78, 5) is 40.8. The van der Waals surface area contributed by atoms with Crippen LogP contribution in [0.5, 0.6) is 0 Å². The Kier molecular flexibility index (Phi) is 8.17. The van der Waals surface area contributed by atoms with Crippen LogP contribution in [-0.2, 0) is 14.4 Å². The second-order valence-corrected chi connectivity index (χ2v) is 8.59. The highest BCUT2D eigenvalue weighted by molar-refractivity contribution is 6.44. The fourth-order valence-electron chi connectivity index (χ4n) is 3.47. The summed E-state index contributed by atoms with van der Waals surface area (Å²) in [7, 11) is 0. The zero-order chi connectivity index (χ0) is 24.8. The van der Waals surface area contributed by atoms with Gasteiger partial charge in [0.05, 0.1) is 29.5 Å². The summed E-state index contributed by atoms with van der Waals surface area (Å²) in [5, 5.41) is 16.1. The van der Waals surface area contributed by atoms with Gasteiger partial charge in [0.15, 0.2) is 0 Å². The van der Waals surface area contributed by atoms with Gasteiger partial charge < -0.3 is 21.7 Å². The first-order valence-electron chi connectivity index (χ1n) is 10.8. The largest absolute Gasteiger partial charge is 0.374 e. The molecule has 0 bridgehead atoms. The first-order valence-corrected chi connectivity index (χ1v) is 11.2.